The van der Waals surface area contributed by atoms with Gasteiger partial charge in [0.15, 0.2) is 12.5 Å². The number of rotatable bonds is 0. The minimum absolute atomic E-state index is 0. The van der Waals surface area contributed by atoms with Crippen molar-refractivity contribution < 1.29 is 39.8 Å². The van der Waals surface area contributed by atoms with Crippen LogP contribution >= 0.6 is 9.90 Å². The molecule has 0 aromatic carbocycles. The summed E-state index contributed by atoms with van der Waals surface area (Å²) in [6, 6.07) is 0. The maximum atomic E-state index is 7.83. The van der Waals surface area contributed by atoms with Crippen LogP contribution < -0.4 is 0 Å². The van der Waals surface area contributed by atoms with Gasteiger partial charge in [0.1, 0.15) is 0 Å². The molecule has 0 aliphatic rings. The Morgan fingerprint density at radius 3 is 1.25 bits per heavy atom. The molecule has 0 spiro atoms. The van der Waals surface area contributed by atoms with Crippen molar-refractivity contribution >= 4 is 22.4 Å². The van der Waals surface area contributed by atoms with Gasteiger partial charge >= 0.3 is 0 Å². The third-order valence-corrected chi connectivity index (χ3v) is 0. The second-order valence-corrected chi connectivity index (χ2v) is 0. The van der Waals surface area contributed by atoms with Crippen LogP contribution in [0.15, 0.2) is 0 Å². The number of hydrogen-bond donors (Lipinski definition) is 0. The third kappa shape index (κ3) is 9.42. The second kappa shape index (κ2) is 22.8. The summed E-state index contributed by atoms with van der Waals surface area (Å²) in [5.41, 5.74) is 0. The third-order valence-electron chi connectivity index (χ3n) is 0. The van der Waals surface area contributed by atoms with Crippen LogP contribution in [0.4, 0.5) is 0 Å². The zero-order valence-electron chi connectivity index (χ0n) is 2.10. The van der Waals surface area contributed by atoms with Gasteiger partial charge in [-0.05, 0) is 0 Å². The summed E-state index contributed by atoms with van der Waals surface area (Å²) in [6.07, 6.45) is 0. The molecular formula is H3LaOPS. The molecule has 0 amide bonds. The second-order valence-electron chi connectivity index (χ2n) is 0. The Kier molecular flexibility index (Phi) is 99.3. The SMILES string of the molecule is O=S.P.[La]. The van der Waals surface area contributed by atoms with Crippen molar-refractivity contribution in [3.63, 3.8) is 0 Å². The van der Waals surface area contributed by atoms with E-state index in [4.69, 9.17) is 4.21 Å². The molecule has 0 heterocycles. The average Bonchev–Trinajstić information content (AvgIpc) is 1.00. The van der Waals surface area contributed by atoms with E-state index in [1.165, 1.54) is 0 Å². The van der Waals surface area contributed by atoms with E-state index in [0.717, 1.165) is 0 Å². The van der Waals surface area contributed by atoms with Crippen LogP contribution in [0.25, 0.3) is 0 Å². The molecule has 0 N–H and O–H groups in total. The fraction of sp³-hybridized carbons (Fsp3) is 0. The van der Waals surface area contributed by atoms with Crippen LogP contribution in [0, 0.1) is 35.6 Å². The van der Waals surface area contributed by atoms with Crippen molar-refractivity contribution in [1.82, 2.24) is 0 Å². The largest absolute Gasteiger partial charge is 0.197 e. The molecule has 4 heavy (non-hydrogen) atoms. The zero-order chi connectivity index (χ0) is 2.00. The molecule has 1 unspecified atom stereocenters. The van der Waals surface area contributed by atoms with Gasteiger partial charge in [-0.2, -0.15) is 14.1 Å². The van der Waals surface area contributed by atoms with E-state index >= 15 is 0 Å². The van der Waals surface area contributed by atoms with Crippen molar-refractivity contribution in [2.75, 3.05) is 0 Å². The fourth-order valence-corrected chi connectivity index (χ4v) is 0. The maximum Gasteiger partial charge on any atom is 0.197 e. The van der Waals surface area contributed by atoms with Crippen LogP contribution in [0.5, 0.6) is 0 Å². The van der Waals surface area contributed by atoms with Gasteiger partial charge in [0.25, 0.3) is 0 Å². The topological polar surface area (TPSA) is 17.1 Å². The molecule has 0 bridgehead atoms. The maximum absolute atomic E-state index is 7.83. The Labute approximate surface area is 61.7 Å². The quantitative estimate of drug-likeness (QED) is 0.523. The molecular weight excluding hydrogens is 218 g/mol. The van der Waals surface area contributed by atoms with Crippen LogP contribution in [-0.4, -0.2) is 4.21 Å². The van der Waals surface area contributed by atoms with Crippen LogP contribution in [0.2, 0.25) is 0 Å². The molecule has 0 rings (SSSR count). The summed E-state index contributed by atoms with van der Waals surface area (Å²) < 4.78 is 7.83. The van der Waals surface area contributed by atoms with E-state index < -0.39 is 0 Å². The molecule has 0 aromatic rings. The first kappa shape index (κ1) is 17.4. The van der Waals surface area contributed by atoms with Crippen molar-refractivity contribution in [2.45, 2.75) is 0 Å². The van der Waals surface area contributed by atoms with E-state index in [2.05, 4.69) is 12.5 Å². The Morgan fingerprint density at radius 2 is 1.25 bits per heavy atom. The first-order valence-electron chi connectivity index (χ1n) is 0.167. The Bertz CT molecular complexity index is 8.00. The Balaban J connectivity index is -0.00000000500. The molecule has 0 fully saturated rings. The minimum atomic E-state index is 0. The van der Waals surface area contributed by atoms with Gasteiger partial charge < -0.3 is 0 Å². The van der Waals surface area contributed by atoms with E-state index in [1.807, 2.05) is 0 Å². The summed E-state index contributed by atoms with van der Waals surface area (Å²) in [5.74, 6) is 0. The summed E-state index contributed by atoms with van der Waals surface area (Å²) in [4.78, 5) is 0. The molecule has 1 radical (unpaired) electrons. The average molecular weight is 221 g/mol. The van der Waals surface area contributed by atoms with Crippen molar-refractivity contribution in [1.29, 1.82) is 0 Å². The van der Waals surface area contributed by atoms with Gasteiger partial charge in [-0.1, -0.05) is 0 Å². The first-order chi connectivity index (χ1) is 1.00. The Hall–Kier alpha value is 1.64. The minimum Gasteiger partial charge on any atom is -0.197 e. The monoisotopic (exact) mass is 221 g/mol. The van der Waals surface area contributed by atoms with Gasteiger partial charge in [0.2, 0.25) is 0 Å². The normalized spacial score (nSPS) is 1.00. The fourth-order valence-electron chi connectivity index (χ4n) is 0. The Morgan fingerprint density at radius 1 is 1.25 bits per heavy atom. The van der Waals surface area contributed by atoms with Crippen LogP contribution in [-0.2, 0) is 12.5 Å². The predicted octanol–water partition coefficient (Wildman–Crippen LogP) is -0.278. The van der Waals surface area contributed by atoms with Gasteiger partial charge in [-0.15, -0.1) is 0 Å². The summed E-state index contributed by atoms with van der Waals surface area (Å²) in [7, 11) is 0. The molecule has 0 aliphatic heterocycles. The first-order valence-corrected chi connectivity index (χ1v) is 0.500. The van der Waals surface area contributed by atoms with Crippen LogP contribution in [0.1, 0.15) is 0 Å². The van der Waals surface area contributed by atoms with Crippen molar-refractivity contribution in [3.05, 3.63) is 0 Å². The molecule has 0 aromatic heterocycles. The van der Waals surface area contributed by atoms with E-state index in [9.17, 15) is 0 Å². The smallest absolute Gasteiger partial charge is 0.197 e. The summed E-state index contributed by atoms with van der Waals surface area (Å²) >= 11 is 2.83. The van der Waals surface area contributed by atoms with Gasteiger partial charge in [-0.3, -0.25) is 0 Å². The number of hydrogen-bond acceptors (Lipinski definition) is 2. The molecule has 0 saturated heterocycles. The molecule has 0 saturated carbocycles. The zero-order valence-corrected chi connectivity index (χ0v) is 7.96. The summed E-state index contributed by atoms with van der Waals surface area (Å²) in [5, 5.41) is 0. The predicted molar refractivity (Wildman–Crippen MR) is 19.2 cm³/mol. The standard InChI is InChI=1S/La.OS.H3P/c;1-2;/h;;1H3. The van der Waals surface area contributed by atoms with Crippen LogP contribution in [0.3, 0.4) is 0 Å². The molecule has 0 aliphatic carbocycles. The van der Waals surface area contributed by atoms with E-state index in [1.54, 1.807) is 0 Å². The van der Waals surface area contributed by atoms with Crippen molar-refractivity contribution in [2.24, 2.45) is 0 Å². The van der Waals surface area contributed by atoms with Gasteiger partial charge in [0, 0.05) is 35.6 Å². The van der Waals surface area contributed by atoms with Gasteiger partial charge in [-0.25, -0.2) is 0 Å². The van der Waals surface area contributed by atoms with Gasteiger partial charge in [0.05, 0.1) is 0 Å². The van der Waals surface area contributed by atoms with E-state index in [-0.39, 0.29) is 45.5 Å². The molecule has 1 nitrogen and oxygen atoms in total. The molecule has 1 atom stereocenters. The van der Waals surface area contributed by atoms with E-state index in [0.29, 0.717) is 0 Å². The molecule has 4 heteroatoms. The summed E-state index contributed by atoms with van der Waals surface area (Å²) in [6.45, 7) is 0. The van der Waals surface area contributed by atoms with Crippen molar-refractivity contribution in [3.8, 4) is 0 Å². The molecule has 23 valence electrons.